The summed E-state index contributed by atoms with van der Waals surface area (Å²) in [5.74, 6) is -0.929. The zero-order chi connectivity index (χ0) is 18.8. The predicted molar refractivity (Wildman–Crippen MR) is 102 cm³/mol. The number of benzene rings is 2. The van der Waals surface area contributed by atoms with Crippen molar-refractivity contribution in [1.29, 1.82) is 0 Å². The summed E-state index contributed by atoms with van der Waals surface area (Å²) in [7, 11) is 2.01. The number of amides is 1. The van der Waals surface area contributed by atoms with Gasteiger partial charge in [-0.25, -0.2) is 9.07 Å². The van der Waals surface area contributed by atoms with Crippen LogP contribution in [0.15, 0.2) is 60.7 Å². The van der Waals surface area contributed by atoms with Crippen molar-refractivity contribution in [1.82, 2.24) is 19.6 Å². The molecule has 1 saturated heterocycles. The highest BCUT2D eigenvalue weighted by Gasteiger charge is 2.29. The number of hydrogen-bond donors (Lipinski definition) is 0. The van der Waals surface area contributed by atoms with Crippen LogP contribution in [-0.4, -0.2) is 58.7 Å². The molecule has 138 valence electrons. The Balaban J connectivity index is 1.80. The van der Waals surface area contributed by atoms with Crippen LogP contribution in [-0.2, 0) is 0 Å². The molecule has 0 saturated carbocycles. The molecule has 1 aliphatic heterocycles. The van der Waals surface area contributed by atoms with Gasteiger partial charge in [0.15, 0.2) is 11.5 Å². The molecule has 0 unspecified atom stereocenters. The SMILES string of the molecule is CN1CCN(C(=O)c2nn(-c3ccccc3)c(-c3ccccc3)c2F)CC1. The molecular formula is C21H21FN4O. The highest BCUT2D eigenvalue weighted by molar-refractivity contribution is 5.94. The maximum atomic E-state index is 15.4. The van der Waals surface area contributed by atoms with Crippen LogP contribution in [0.25, 0.3) is 16.9 Å². The number of hydrogen-bond acceptors (Lipinski definition) is 3. The molecule has 0 spiro atoms. The second-order valence-electron chi connectivity index (χ2n) is 6.72. The molecule has 0 aliphatic carbocycles. The molecule has 0 bridgehead atoms. The summed E-state index contributed by atoms with van der Waals surface area (Å²) in [5, 5.41) is 4.39. The Morgan fingerprint density at radius 3 is 2.15 bits per heavy atom. The van der Waals surface area contributed by atoms with Gasteiger partial charge in [-0.15, -0.1) is 0 Å². The lowest BCUT2D eigenvalue weighted by molar-refractivity contribution is 0.0653. The van der Waals surface area contributed by atoms with Gasteiger partial charge < -0.3 is 9.80 Å². The van der Waals surface area contributed by atoms with Crippen LogP contribution in [0.4, 0.5) is 4.39 Å². The second kappa shape index (κ2) is 7.32. The number of rotatable bonds is 3. The van der Waals surface area contributed by atoms with Gasteiger partial charge in [0.25, 0.3) is 5.91 Å². The van der Waals surface area contributed by atoms with Crippen LogP contribution in [0.5, 0.6) is 0 Å². The summed E-state index contributed by atoms with van der Waals surface area (Å²) in [5.41, 5.74) is 1.58. The van der Waals surface area contributed by atoms with Crippen LogP contribution in [0, 0.1) is 5.82 Å². The maximum absolute atomic E-state index is 15.4. The zero-order valence-corrected chi connectivity index (χ0v) is 15.2. The normalized spacial score (nSPS) is 15.1. The van der Waals surface area contributed by atoms with Gasteiger partial charge in [-0.3, -0.25) is 4.79 Å². The standard InChI is InChI=1S/C21H21FN4O/c1-24-12-14-25(15-13-24)21(27)19-18(22)20(16-8-4-2-5-9-16)26(23-19)17-10-6-3-7-11-17/h2-11H,12-15H2,1H3. The van der Waals surface area contributed by atoms with E-state index in [0.29, 0.717) is 30.0 Å². The van der Waals surface area contributed by atoms with Gasteiger partial charge in [0.2, 0.25) is 0 Å². The van der Waals surface area contributed by atoms with Crippen molar-refractivity contribution < 1.29 is 9.18 Å². The van der Waals surface area contributed by atoms with Crippen LogP contribution in [0.2, 0.25) is 0 Å². The summed E-state index contributed by atoms with van der Waals surface area (Å²) in [6, 6.07) is 18.5. The van der Waals surface area contributed by atoms with E-state index in [9.17, 15) is 4.79 Å². The van der Waals surface area contributed by atoms with E-state index in [1.54, 1.807) is 4.90 Å². The van der Waals surface area contributed by atoms with Gasteiger partial charge in [-0.1, -0.05) is 48.5 Å². The maximum Gasteiger partial charge on any atom is 0.277 e. The second-order valence-corrected chi connectivity index (χ2v) is 6.72. The van der Waals surface area contributed by atoms with Crippen LogP contribution >= 0.6 is 0 Å². The number of aromatic nitrogens is 2. The Morgan fingerprint density at radius 1 is 0.926 bits per heavy atom. The Bertz CT molecular complexity index is 932. The molecule has 4 rings (SSSR count). The summed E-state index contributed by atoms with van der Waals surface area (Å²) >= 11 is 0. The molecule has 1 fully saturated rings. The molecule has 1 aliphatic rings. The number of para-hydroxylation sites is 1. The van der Waals surface area contributed by atoms with Gasteiger partial charge in [0, 0.05) is 31.7 Å². The van der Waals surface area contributed by atoms with Gasteiger partial charge in [0.05, 0.1) is 5.69 Å². The predicted octanol–water partition coefficient (Wildman–Crippen LogP) is 3.07. The van der Waals surface area contributed by atoms with Crippen LogP contribution in [0.3, 0.4) is 0 Å². The molecule has 3 aromatic rings. The highest BCUT2D eigenvalue weighted by Crippen LogP contribution is 2.28. The lowest BCUT2D eigenvalue weighted by Gasteiger charge is -2.31. The van der Waals surface area contributed by atoms with E-state index >= 15 is 4.39 Å². The molecule has 2 heterocycles. The summed E-state index contributed by atoms with van der Waals surface area (Å²) in [6.45, 7) is 2.71. The molecule has 5 nitrogen and oxygen atoms in total. The fourth-order valence-corrected chi connectivity index (χ4v) is 3.30. The van der Waals surface area contributed by atoms with E-state index in [2.05, 4.69) is 10.00 Å². The molecule has 1 aromatic heterocycles. The van der Waals surface area contributed by atoms with E-state index < -0.39 is 5.82 Å². The highest BCUT2D eigenvalue weighted by atomic mass is 19.1. The third-order valence-corrected chi connectivity index (χ3v) is 4.87. The minimum absolute atomic E-state index is 0.123. The van der Waals surface area contributed by atoms with E-state index in [1.165, 1.54) is 4.68 Å². The van der Waals surface area contributed by atoms with E-state index in [0.717, 1.165) is 13.1 Å². The zero-order valence-electron chi connectivity index (χ0n) is 15.2. The number of piperazine rings is 1. The Kier molecular flexibility index (Phi) is 4.73. The third-order valence-electron chi connectivity index (χ3n) is 4.87. The van der Waals surface area contributed by atoms with E-state index in [4.69, 9.17) is 0 Å². The first kappa shape index (κ1) is 17.4. The van der Waals surface area contributed by atoms with Gasteiger partial charge in [0.1, 0.15) is 5.69 Å². The minimum Gasteiger partial charge on any atom is -0.335 e. The molecular weight excluding hydrogens is 343 g/mol. The lowest BCUT2D eigenvalue weighted by atomic mass is 10.1. The largest absolute Gasteiger partial charge is 0.335 e. The number of carbonyl (C=O) groups excluding carboxylic acids is 1. The summed E-state index contributed by atoms with van der Waals surface area (Å²) < 4.78 is 16.9. The summed E-state index contributed by atoms with van der Waals surface area (Å²) in [6.07, 6.45) is 0. The quantitative estimate of drug-likeness (QED) is 0.717. The van der Waals surface area contributed by atoms with Gasteiger partial charge in [-0.05, 0) is 19.2 Å². The minimum atomic E-state index is -0.575. The smallest absolute Gasteiger partial charge is 0.277 e. The lowest BCUT2D eigenvalue weighted by Crippen LogP contribution is -2.47. The molecule has 0 radical (unpaired) electrons. The van der Waals surface area contributed by atoms with Crippen molar-refractivity contribution in [3.05, 3.63) is 72.2 Å². The van der Waals surface area contributed by atoms with E-state index in [1.807, 2.05) is 67.7 Å². The third kappa shape index (κ3) is 3.36. The molecule has 6 heteroatoms. The number of nitrogens with zero attached hydrogens (tertiary/aromatic N) is 4. The molecule has 2 aromatic carbocycles. The van der Waals surface area contributed by atoms with Gasteiger partial charge in [-0.2, -0.15) is 5.10 Å². The fourth-order valence-electron chi connectivity index (χ4n) is 3.30. The van der Waals surface area contributed by atoms with E-state index in [-0.39, 0.29) is 11.6 Å². The molecule has 1 amide bonds. The summed E-state index contributed by atoms with van der Waals surface area (Å²) in [4.78, 5) is 16.8. The topological polar surface area (TPSA) is 41.4 Å². The van der Waals surface area contributed by atoms with Crippen LogP contribution in [0.1, 0.15) is 10.5 Å². The Morgan fingerprint density at radius 2 is 1.52 bits per heavy atom. The van der Waals surface area contributed by atoms with Crippen molar-refractivity contribution in [3.8, 4) is 16.9 Å². The average molecular weight is 364 g/mol. The van der Waals surface area contributed by atoms with Crippen molar-refractivity contribution >= 4 is 5.91 Å². The first-order valence-corrected chi connectivity index (χ1v) is 9.02. The Labute approximate surface area is 157 Å². The molecule has 27 heavy (non-hydrogen) atoms. The van der Waals surface area contributed by atoms with Crippen molar-refractivity contribution in [2.45, 2.75) is 0 Å². The fraction of sp³-hybridized carbons (Fsp3) is 0.238. The molecule has 0 N–H and O–H groups in total. The van der Waals surface area contributed by atoms with Gasteiger partial charge >= 0.3 is 0 Å². The van der Waals surface area contributed by atoms with Crippen molar-refractivity contribution in [2.75, 3.05) is 33.2 Å². The number of likely N-dealkylation sites (N-methyl/N-ethyl adjacent to an activating group) is 1. The Hall–Kier alpha value is -2.99. The van der Waals surface area contributed by atoms with Crippen LogP contribution < -0.4 is 0 Å². The van der Waals surface area contributed by atoms with Crippen molar-refractivity contribution in [3.63, 3.8) is 0 Å². The van der Waals surface area contributed by atoms with Crippen molar-refractivity contribution in [2.24, 2.45) is 0 Å². The monoisotopic (exact) mass is 364 g/mol. The number of halogens is 1. The number of carbonyl (C=O) groups is 1. The molecule has 0 atom stereocenters. The first-order valence-electron chi connectivity index (χ1n) is 9.02. The average Bonchev–Trinajstić information content (AvgIpc) is 3.06. The first-order chi connectivity index (χ1) is 13.1.